The lowest BCUT2D eigenvalue weighted by molar-refractivity contribution is 0.100. The molecule has 0 bridgehead atoms. The molecule has 9 nitrogen and oxygen atoms in total. The average molecular weight is 488 g/mol. The first-order chi connectivity index (χ1) is 16.0. The molecule has 4 aromatic heterocycles. The van der Waals surface area contributed by atoms with Crippen LogP contribution in [0.1, 0.15) is 56.2 Å². The minimum Gasteiger partial charge on any atom is -0.365 e. The standard InChI is InChI=1S/C22H23F2N7O2S/c1-6-31-10(3)13(8-26-31)12-7-14(19(23)24)27-22-16(12)17(18(34-22)20(25)32)28-21(33)15-9(2)29-30(5)11(15)4/h7-8,19H,6H2,1-5H3,(H2,25,32)(H,28,33). The number of thiophene rings is 1. The normalized spacial score (nSPS) is 11.5. The number of nitrogens with two attached hydrogens (primary N) is 1. The number of aryl methyl sites for hydroxylation is 3. The van der Waals surface area contributed by atoms with Gasteiger partial charge in [0.15, 0.2) is 0 Å². The largest absolute Gasteiger partial charge is 0.365 e. The van der Waals surface area contributed by atoms with Crippen molar-refractivity contribution in [3.8, 4) is 11.1 Å². The highest BCUT2D eigenvalue weighted by Crippen LogP contribution is 2.43. The topological polar surface area (TPSA) is 121 Å². The Morgan fingerprint density at radius 1 is 1.21 bits per heavy atom. The molecule has 0 radical (unpaired) electrons. The summed E-state index contributed by atoms with van der Waals surface area (Å²) in [5.41, 5.74) is 8.52. The van der Waals surface area contributed by atoms with E-state index in [4.69, 9.17) is 5.73 Å². The summed E-state index contributed by atoms with van der Waals surface area (Å²) in [5, 5.41) is 11.7. The van der Waals surface area contributed by atoms with Crippen LogP contribution in [0.4, 0.5) is 14.5 Å². The summed E-state index contributed by atoms with van der Waals surface area (Å²) in [6, 6.07) is 1.27. The Hall–Kier alpha value is -3.67. The second-order valence-electron chi connectivity index (χ2n) is 7.83. The molecule has 0 saturated carbocycles. The highest BCUT2D eigenvalue weighted by atomic mass is 32.1. The van der Waals surface area contributed by atoms with Crippen molar-refractivity contribution in [3.05, 3.63) is 45.5 Å². The molecule has 0 aliphatic rings. The molecule has 0 saturated heterocycles. The number of anilines is 1. The van der Waals surface area contributed by atoms with Gasteiger partial charge in [0.05, 0.1) is 23.1 Å². The zero-order valence-corrected chi connectivity index (χ0v) is 20.0. The van der Waals surface area contributed by atoms with Crippen LogP contribution < -0.4 is 11.1 Å². The first-order valence-corrected chi connectivity index (χ1v) is 11.3. The number of pyridine rings is 1. The smallest absolute Gasteiger partial charge is 0.280 e. The van der Waals surface area contributed by atoms with Crippen LogP contribution in [0.15, 0.2) is 12.3 Å². The fraction of sp³-hybridized carbons (Fsp3) is 0.318. The predicted octanol–water partition coefficient (Wildman–Crippen LogP) is 4.13. The van der Waals surface area contributed by atoms with Crippen LogP contribution in [-0.4, -0.2) is 36.4 Å². The summed E-state index contributed by atoms with van der Waals surface area (Å²) in [7, 11) is 1.72. The third-order valence-electron chi connectivity index (χ3n) is 5.80. The molecule has 0 aromatic carbocycles. The summed E-state index contributed by atoms with van der Waals surface area (Å²) in [5.74, 6) is -1.29. The van der Waals surface area contributed by atoms with Crippen molar-refractivity contribution in [1.82, 2.24) is 24.5 Å². The van der Waals surface area contributed by atoms with Crippen LogP contribution in [0.2, 0.25) is 0 Å². The molecular formula is C22H23F2N7O2S. The van der Waals surface area contributed by atoms with Crippen molar-refractivity contribution >= 4 is 39.1 Å². The van der Waals surface area contributed by atoms with Crippen LogP contribution in [-0.2, 0) is 13.6 Å². The Bertz CT molecular complexity index is 1450. The van der Waals surface area contributed by atoms with E-state index in [1.165, 1.54) is 6.07 Å². The molecule has 0 atom stereocenters. The SMILES string of the molecule is CCn1ncc(-c2cc(C(F)F)nc3sc(C(N)=O)c(NC(=O)c4c(C)nn(C)c4C)c23)c1C. The number of nitrogens with zero attached hydrogens (tertiary/aromatic N) is 5. The number of hydrogen-bond acceptors (Lipinski definition) is 6. The maximum atomic E-state index is 13.7. The van der Waals surface area contributed by atoms with Gasteiger partial charge in [-0.25, -0.2) is 13.8 Å². The van der Waals surface area contributed by atoms with E-state index in [1.807, 2.05) is 13.8 Å². The van der Waals surface area contributed by atoms with Gasteiger partial charge in [-0.05, 0) is 39.3 Å². The zero-order valence-electron chi connectivity index (χ0n) is 19.2. The number of fused-ring (bicyclic) bond motifs is 1. The lowest BCUT2D eigenvalue weighted by Crippen LogP contribution is -2.18. The van der Waals surface area contributed by atoms with E-state index < -0.39 is 23.9 Å². The Kier molecular flexibility index (Phi) is 5.94. The van der Waals surface area contributed by atoms with Gasteiger partial charge in [0.25, 0.3) is 18.2 Å². The minimum atomic E-state index is -2.83. The summed E-state index contributed by atoms with van der Waals surface area (Å²) in [6.45, 7) is 7.77. The Balaban J connectivity index is 2.00. The Morgan fingerprint density at radius 3 is 2.44 bits per heavy atom. The third kappa shape index (κ3) is 3.73. The van der Waals surface area contributed by atoms with Crippen LogP contribution in [0.3, 0.4) is 0 Å². The van der Waals surface area contributed by atoms with Gasteiger partial charge in [-0.2, -0.15) is 10.2 Å². The quantitative estimate of drug-likeness (QED) is 0.424. The van der Waals surface area contributed by atoms with Gasteiger partial charge in [-0.1, -0.05) is 0 Å². The van der Waals surface area contributed by atoms with Gasteiger partial charge < -0.3 is 11.1 Å². The number of amides is 2. The van der Waals surface area contributed by atoms with E-state index in [9.17, 15) is 18.4 Å². The molecule has 178 valence electrons. The third-order valence-corrected chi connectivity index (χ3v) is 6.89. The fourth-order valence-corrected chi connectivity index (χ4v) is 5.06. The van der Waals surface area contributed by atoms with Gasteiger partial charge in [0, 0.05) is 35.9 Å². The molecule has 0 aliphatic heterocycles. The number of hydrogen-bond donors (Lipinski definition) is 2. The maximum Gasteiger partial charge on any atom is 0.280 e. The van der Waals surface area contributed by atoms with Crippen LogP contribution >= 0.6 is 11.3 Å². The molecule has 0 spiro atoms. The van der Waals surface area contributed by atoms with Crippen molar-refractivity contribution in [2.75, 3.05) is 5.32 Å². The van der Waals surface area contributed by atoms with Crippen LogP contribution in [0.5, 0.6) is 0 Å². The average Bonchev–Trinajstić information content (AvgIpc) is 3.40. The molecule has 0 fully saturated rings. The number of carbonyl (C=O) groups is 2. The van der Waals surface area contributed by atoms with Crippen molar-refractivity contribution in [1.29, 1.82) is 0 Å². The monoisotopic (exact) mass is 487 g/mol. The number of nitrogens with one attached hydrogen (secondary N) is 1. The van der Waals surface area contributed by atoms with Gasteiger partial charge in [-0.3, -0.25) is 19.0 Å². The number of alkyl halides is 2. The van der Waals surface area contributed by atoms with Crippen LogP contribution in [0.25, 0.3) is 21.3 Å². The molecule has 0 unspecified atom stereocenters. The summed E-state index contributed by atoms with van der Waals surface area (Å²) in [6.07, 6.45) is -1.26. The van der Waals surface area contributed by atoms with Crippen molar-refractivity contribution in [2.45, 2.75) is 40.7 Å². The first kappa shape index (κ1) is 23.5. The summed E-state index contributed by atoms with van der Waals surface area (Å²) in [4.78, 5) is 29.8. The van der Waals surface area contributed by atoms with E-state index in [2.05, 4.69) is 20.5 Å². The minimum absolute atomic E-state index is 0.0169. The molecule has 4 rings (SSSR count). The number of aromatic nitrogens is 5. The van der Waals surface area contributed by atoms with E-state index in [0.29, 0.717) is 40.0 Å². The number of rotatable bonds is 6. The molecule has 3 N–H and O–H groups in total. The molecule has 4 heterocycles. The lowest BCUT2D eigenvalue weighted by atomic mass is 10.0. The molecule has 2 amide bonds. The fourth-order valence-electron chi connectivity index (χ4n) is 4.04. The van der Waals surface area contributed by atoms with Gasteiger partial charge in [-0.15, -0.1) is 11.3 Å². The number of carbonyl (C=O) groups excluding carboxylic acids is 2. The highest BCUT2D eigenvalue weighted by molar-refractivity contribution is 7.21. The molecular weight excluding hydrogens is 464 g/mol. The molecule has 34 heavy (non-hydrogen) atoms. The van der Waals surface area contributed by atoms with Crippen molar-refractivity contribution < 1.29 is 18.4 Å². The van der Waals surface area contributed by atoms with E-state index in [-0.39, 0.29) is 15.4 Å². The second-order valence-corrected chi connectivity index (χ2v) is 8.83. The van der Waals surface area contributed by atoms with Crippen LogP contribution in [0, 0.1) is 20.8 Å². The second kappa shape index (κ2) is 8.60. The highest BCUT2D eigenvalue weighted by Gasteiger charge is 2.27. The summed E-state index contributed by atoms with van der Waals surface area (Å²) < 4.78 is 30.7. The number of halogens is 2. The maximum absolute atomic E-state index is 13.7. The Labute approximate surface area is 197 Å². The van der Waals surface area contributed by atoms with Gasteiger partial charge in [0.2, 0.25) is 0 Å². The van der Waals surface area contributed by atoms with E-state index >= 15 is 0 Å². The Morgan fingerprint density at radius 2 is 1.91 bits per heavy atom. The first-order valence-electron chi connectivity index (χ1n) is 10.4. The van der Waals surface area contributed by atoms with E-state index in [1.54, 1.807) is 36.5 Å². The molecule has 4 aromatic rings. The van der Waals surface area contributed by atoms with Gasteiger partial charge >= 0.3 is 0 Å². The molecule has 0 aliphatic carbocycles. The van der Waals surface area contributed by atoms with Crippen molar-refractivity contribution in [3.63, 3.8) is 0 Å². The summed E-state index contributed by atoms with van der Waals surface area (Å²) >= 11 is 0.860. The van der Waals surface area contributed by atoms with E-state index in [0.717, 1.165) is 17.0 Å². The zero-order chi connectivity index (χ0) is 24.9. The van der Waals surface area contributed by atoms with Gasteiger partial charge in [0.1, 0.15) is 15.4 Å². The number of primary amides is 1. The molecule has 12 heteroatoms. The lowest BCUT2D eigenvalue weighted by Gasteiger charge is -2.11. The predicted molar refractivity (Wildman–Crippen MR) is 125 cm³/mol. The van der Waals surface area contributed by atoms with Crippen molar-refractivity contribution in [2.24, 2.45) is 12.8 Å².